The van der Waals surface area contributed by atoms with Crippen molar-refractivity contribution in [1.82, 2.24) is 0 Å². The van der Waals surface area contributed by atoms with Crippen molar-refractivity contribution in [2.75, 3.05) is 0 Å². The maximum atomic E-state index is 6.28. The van der Waals surface area contributed by atoms with Crippen LogP contribution in [-0.4, -0.2) is 0 Å². The molecule has 0 N–H and O–H groups in total. The predicted molar refractivity (Wildman–Crippen MR) is 66.4 cm³/mol. The zero-order valence-electron chi connectivity index (χ0n) is 6.84. The molecule has 5 heteroatoms. The molecule has 0 saturated heterocycles. The fraction of sp³-hybridized carbons (Fsp3) is 0.111. The first-order valence-electron chi connectivity index (χ1n) is 3.80. The van der Waals surface area contributed by atoms with E-state index in [0.717, 1.165) is 9.75 Å². The van der Waals surface area contributed by atoms with Gasteiger partial charge < -0.3 is 0 Å². The highest BCUT2D eigenvalue weighted by molar-refractivity contribution is 7.13. The highest BCUT2D eigenvalue weighted by Gasteiger charge is 2.19. The van der Waals surface area contributed by atoms with Crippen molar-refractivity contribution >= 4 is 57.5 Å². The van der Waals surface area contributed by atoms with Crippen molar-refractivity contribution in [1.29, 1.82) is 0 Å². The second-order valence-electron chi connectivity index (χ2n) is 2.63. The third kappa shape index (κ3) is 1.95. The molecule has 0 spiro atoms. The molecule has 0 aliphatic carbocycles. The Balaban J connectivity index is 2.38. The van der Waals surface area contributed by atoms with Gasteiger partial charge in [0, 0.05) is 9.75 Å². The van der Waals surface area contributed by atoms with Crippen molar-refractivity contribution in [2.45, 2.75) is 5.38 Å². The molecular weight excluding hydrogens is 279 g/mol. The first-order chi connectivity index (χ1) is 6.70. The number of alkyl halides is 1. The molecule has 74 valence electrons. The van der Waals surface area contributed by atoms with Gasteiger partial charge in [-0.2, -0.15) is 0 Å². The van der Waals surface area contributed by atoms with E-state index in [2.05, 4.69) is 0 Å². The topological polar surface area (TPSA) is 0 Å². The van der Waals surface area contributed by atoms with Gasteiger partial charge in [-0.1, -0.05) is 23.2 Å². The van der Waals surface area contributed by atoms with Crippen LogP contribution in [0.25, 0.3) is 0 Å². The van der Waals surface area contributed by atoms with E-state index < -0.39 is 0 Å². The summed E-state index contributed by atoms with van der Waals surface area (Å²) in [5.41, 5.74) is 0. The average Bonchev–Trinajstić information content (AvgIpc) is 2.73. The van der Waals surface area contributed by atoms with Crippen LogP contribution in [0.2, 0.25) is 10.0 Å². The number of rotatable bonds is 2. The smallest absolute Gasteiger partial charge is 0.105 e. The molecule has 2 heterocycles. The van der Waals surface area contributed by atoms with Crippen molar-refractivity contribution in [3.8, 4) is 0 Å². The van der Waals surface area contributed by atoms with E-state index >= 15 is 0 Å². The van der Waals surface area contributed by atoms with E-state index in [-0.39, 0.29) is 5.38 Å². The van der Waals surface area contributed by atoms with Crippen LogP contribution >= 0.6 is 57.5 Å². The molecule has 0 aliphatic heterocycles. The van der Waals surface area contributed by atoms with E-state index in [4.69, 9.17) is 34.8 Å². The lowest BCUT2D eigenvalue weighted by Crippen LogP contribution is -1.87. The van der Waals surface area contributed by atoms with Crippen LogP contribution in [-0.2, 0) is 0 Å². The lowest BCUT2D eigenvalue weighted by atomic mass is 10.3. The molecule has 0 bridgehead atoms. The van der Waals surface area contributed by atoms with Gasteiger partial charge in [0.15, 0.2) is 0 Å². The van der Waals surface area contributed by atoms with Crippen molar-refractivity contribution in [3.05, 3.63) is 42.7 Å². The van der Waals surface area contributed by atoms with Gasteiger partial charge in [0.1, 0.15) is 5.38 Å². The second-order valence-corrected chi connectivity index (χ2v) is 5.77. The zero-order chi connectivity index (χ0) is 10.1. The molecule has 0 radical (unpaired) electrons. The Hall–Kier alpha value is 0.270. The normalized spacial score (nSPS) is 11.1. The fourth-order valence-electron chi connectivity index (χ4n) is 1.09. The molecule has 0 atom stereocenters. The molecule has 2 rings (SSSR count). The van der Waals surface area contributed by atoms with E-state index in [9.17, 15) is 0 Å². The molecule has 0 saturated carbocycles. The van der Waals surface area contributed by atoms with E-state index in [1.807, 2.05) is 22.9 Å². The predicted octanol–water partition coefficient (Wildman–Crippen LogP) is 5.44. The molecule has 0 aromatic carbocycles. The number of thiophene rings is 2. The van der Waals surface area contributed by atoms with Gasteiger partial charge in [-0.25, -0.2) is 0 Å². The average molecular weight is 284 g/mol. The number of halogens is 3. The Morgan fingerprint density at radius 2 is 1.36 bits per heavy atom. The summed E-state index contributed by atoms with van der Waals surface area (Å²) in [6.07, 6.45) is 0. The van der Waals surface area contributed by atoms with Crippen LogP contribution in [0.3, 0.4) is 0 Å². The standard InChI is InChI=1S/C9H5Cl3S2/c10-5-1-3-13-8(5)7(12)9-6(11)2-4-14-9/h1-4,7H. The third-order valence-corrected chi connectivity index (χ3v) is 5.29. The first-order valence-corrected chi connectivity index (χ1v) is 6.75. The number of hydrogen-bond acceptors (Lipinski definition) is 2. The van der Waals surface area contributed by atoms with Crippen molar-refractivity contribution in [2.24, 2.45) is 0 Å². The quantitative estimate of drug-likeness (QED) is 0.643. The molecule has 0 nitrogen and oxygen atoms in total. The summed E-state index contributed by atoms with van der Waals surface area (Å²) in [5.74, 6) is 0. The van der Waals surface area contributed by atoms with Crippen LogP contribution in [0.1, 0.15) is 15.1 Å². The Bertz CT molecular complexity index is 392. The maximum absolute atomic E-state index is 6.28. The summed E-state index contributed by atoms with van der Waals surface area (Å²) in [4.78, 5) is 1.91. The second kappa shape index (κ2) is 4.42. The summed E-state index contributed by atoms with van der Waals surface area (Å²) in [7, 11) is 0. The van der Waals surface area contributed by atoms with Crippen LogP contribution in [0.4, 0.5) is 0 Å². The van der Waals surface area contributed by atoms with Crippen LogP contribution < -0.4 is 0 Å². The SMILES string of the molecule is Clc1ccsc1C(Cl)c1sccc1Cl. The summed E-state index contributed by atoms with van der Waals surface area (Å²) in [6.45, 7) is 0. The number of hydrogen-bond donors (Lipinski definition) is 0. The molecular formula is C9H5Cl3S2. The summed E-state index contributed by atoms with van der Waals surface area (Å²) >= 11 is 21.4. The van der Waals surface area contributed by atoms with Crippen molar-refractivity contribution < 1.29 is 0 Å². The first kappa shape index (κ1) is 10.8. The largest absolute Gasteiger partial charge is 0.145 e. The maximum Gasteiger partial charge on any atom is 0.105 e. The van der Waals surface area contributed by atoms with Gasteiger partial charge >= 0.3 is 0 Å². The van der Waals surface area contributed by atoms with Gasteiger partial charge in [0.05, 0.1) is 10.0 Å². The summed E-state index contributed by atoms with van der Waals surface area (Å²) < 4.78 is 0. The monoisotopic (exact) mass is 282 g/mol. The highest BCUT2D eigenvalue weighted by atomic mass is 35.5. The summed E-state index contributed by atoms with van der Waals surface area (Å²) in [5, 5.41) is 5.04. The van der Waals surface area contributed by atoms with E-state index in [1.165, 1.54) is 0 Å². The lowest BCUT2D eigenvalue weighted by molar-refractivity contribution is 1.24. The Kier molecular flexibility index (Phi) is 3.40. The molecule has 0 fully saturated rings. The Morgan fingerprint density at radius 1 is 0.929 bits per heavy atom. The molecule has 0 unspecified atom stereocenters. The van der Waals surface area contributed by atoms with Gasteiger partial charge in [0.25, 0.3) is 0 Å². The van der Waals surface area contributed by atoms with E-state index in [1.54, 1.807) is 22.7 Å². The Morgan fingerprint density at radius 3 is 1.64 bits per heavy atom. The van der Waals surface area contributed by atoms with Crippen LogP contribution in [0.5, 0.6) is 0 Å². The van der Waals surface area contributed by atoms with Gasteiger partial charge in [-0.15, -0.1) is 34.3 Å². The fourth-order valence-corrected chi connectivity index (χ4v) is 4.12. The Labute approximate surface area is 105 Å². The molecule has 0 aliphatic rings. The minimum absolute atomic E-state index is 0.227. The lowest BCUT2D eigenvalue weighted by Gasteiger charge is -2.05. The minimum Gasteiger partial charge on any atom is -0.145 e. The van der Waals surface area contributed by atoms with Crippen LogP contribution in [0.15, 0.2) is 22.9 Å². The minimum atomic E-state index is -0.227. The summed E-state index contributed by atoms with van der Waals surface area (Å²) in [6, 6.07) is 3.69. The van der Waals surface area contributed by atoms with Crippen LogP contribution in [0, 0.1) is 0 Å². The highest BCUT2D eigenvalue weighted by Crippen LogP contribution is 2.42. The molecule has 2 aromatic heterocycles. The third-order valence-electron chi connectivity index (χ3n) is 1.75. The van der Waals surface area contributed by atoms with Crippen molar-refractivity contribution in [3.63, 3.8) is 0 Å². The zero-order valence-corrected chi connectivity index (χ0v) is 10.7. The molecule has 2 aromatic rings. The van der Waals surface area contributed by atoms with Gasteiger partial charge in [-0.3, -0.25) is 0 Å². The van der Waals surface area contributed by atoms with Gasteiger partial charge in [-0.05, 0) is 22.9 Å². The van der Waals surface area contributed by atoms with E-state index in [0.29, 0.717) is 10.0 Å². The molecule has 14 heavy (non-hydrogen) atoms. The molecule has 0 amide bonds. The van der Waals surface area contributed by atoms with Gasteiger partial charge in [0.2, 0.25) is 0 Å².